The lowest BCUT2D eigenvalue weighted by Crippen LogP contribution is -2.37. The molecule has 103 valence electrons. The van der Waals surface area contributed by atoms with Crippen LogP contribution < -0.4 is 10.6 Å². The second kappa shape index (κ2) is 5.42. The summed E-state index contributed by atoms with van der Waals surface area (Å²) in [7, 11) is 0. The van der Waals surface area contributed by atoms with Crippen molar-refractivity contribution in [2.24, 2.45) is 0 Å². The second-order valence-electron chi connectivity index (χ2n) is 4.52. The van der Waals surface area contributed by atoms with Gasteiger partial charge in [0.25, 0.3) is 0 Å². The van der Waals surface area contributed by atoms with Gasteiger partial charge in [-0.1, -0.05) is 0 Å². The summed E-state index contributed by atoms with van der Waals surface area (Å²) in [5, 5.41) is 0. The lowest BCUT2D eigenvalue weighted by atomic mass is 10.1. The van der Waals surface area contributed by atoms with Crippen molar-refractivity contribution < 1.29 is 9.13 Å². The van der Waals surface area contributed by atoms with Gasteiger partial charge in [-0.2, -0.15) is 0 Å². The molecule has 1 fully saturated rings. The number of rotatable bonds is 2. The third-order valence-electron chi connectivity index (χ3n) is 3.17. The zero-order valence-corrected chi connectivity index (χ0v) is 10.8. The number of morpholine rings is 1. The van der Waals surface area contributed by atoms with Crippen molar-refractivity contribution in [2.45, 2.75) is 0 Å². The number of hydrogen-bond donors (Lipinski definition) is 1. The highest BCUT2D eigenvalue weighted by Crippen LogP contribution is 2.24. The molecule has 20 heavy (non-hydrogen) atoms. The largest absolute Gasteiger partial charge is 0.398 e. The van der Waals surface area contributed by atoms with E-state index in [-0.39, 0.29) is 5.82 Å². The molecule has 0 amide bonds. The summed E-state index contributed by atoms with van der Waals surface area (Å²) in [6.45, 7) is 2.87. The molecule has 1 aliphatic heterocycles. The number of anilines is 2. The van der Waals surface area contributed by atoms with Gasteiger partial charge in [-0.05, 0) is 12.1 Å². The van der Waals surface area contributed by atoms with Crippen molar-refractivity contribution in [1.29, 1.82) is 0 Å². The van der Waals surface area contributed by atoms with E-state index in [0.717, 1.165) is 13.1 Å². The van der Waals surface area contributed by atoms with Crippen molar-refractivity contribution in [3.05, 3.63) is 36.4 Å². The Hall–Kier alpha value is -2.21. The maximum atomic E-state index is 13.7. The monoisotopic (exact) mass is 273 g/mol. The van der Waals surface area contributed by atoms with E-state index in [9.17, 15) is 4.39 Å². The summed E-state index contributed by atoms with van der Waals surface area (Å²) in [4.78, 5) is 10.6. The summed E-state index contributed by atoms with van der Waals surface area (Å²) >= 11 is 0. The van der Waals surface area contributed by atoms with Crippen LogP contribution in [0.15, 0.2) is 24.5 Å². The van der Waals surface area contributed by atoms with Crippen LogP contribution in [0, 0.1) is 11.9 Å². The van der Waals surface area contributed by atoms with Gasteiger partial charge in [0.1, 0.15) is 5.82 Å². The average molecular weight is 273 g/mol. The molecule has 2 heterocycles. The van der Waals surface area contributed by atoms with Crippen LogP contribution in [0.1, 0.15) is 0 Å². The number of benzene rings is 1. The van der Waals surface area contributed by atoms with Crippen LogP contribution in [-0.4, -0.2) is 36.3 Å². The molecule has 0 unspecified atom stereocenters. The van der Waals surface area contributed by atoms with Gasteiger partial charge < -0.3 is 15.4 Å². The predicted octanol–water partition coefficient (Wildman–Crippen LogP) is 1.50. The SMILES string of the molecule is Nc1[c]cc(F)c(-c2cnc(N3CCOCC3)nc2)c1. The summed E-state index contributed by atoms with van der Waals surface area (Å²) in [5.41, 5.74) is 7.00. The van der Waals surface area contributed by atoms with E-state index in [1.54, 1.807) is 12.4 Å². The Morgan fingerprint density at radius 3 is 2.65 bits per heavy atom. The normalized spacial score (nSPS) is 15.3. The molecule has 1 aromatic heterocycles. The highest BCUT2D eigenvalue weighted by atomic mass is 19.1. The van der Waals surface area contributed by atoms with Crippen molar-refractivity contribution >= 4 is 11.6 Å². The molecular weight excluding hydrogens is 259 g/mol. The summed E-state index contributed by atoms with van der Waals surface area (Å²) in [6, 6.07) is 5.37. The van der Waals surface area contributed by atoms with Crippen LogP contribution in [-0.2, 0) is 4.74 Å². The molecule has 6 heteroatoms. The number of hydrogen-bond acceptors (Lipinski definition) is 5. The molecule has 1 aliphatic rings. The third kappa shape index (κ3) is 2.55. The molecule has 0 bridgehead atoms. The molecule has 0 atom stereocenters. The van der Waals surface area contributed by atoms with Crippen LogP contribution in [0.5, 0.6) is 0 Å². The average Bonchev–Trinajstić information content (AvgIpc) is 2.51. The van der Waals surface area contributed by atoms with Crippen LogP contribution in [0.25, 0.3) is 11.1 Å². The first kappa shape index (κ1) is 12.8. The fourth-order valence-corrected chi connectivity index (χ4v) is 2.10. The van der Waals surface area contributed by atoms with E-state index in [1.165, 1.54) is 12.1 Å². The number of nitrogens with two attached hydrogens (primary N) is 1. The molecule has 1 radical (unpaired) electrons. The van der Waals surface area contributed by atoms with Gasteiger partial charge in [0.2, 0.25) is 5.95 Å². The molecule has 1 aromatic carbocycles. The van der Waals surface area contributed by atoms with Gasteiger partial charge in [-0.25, -0.2) is 14.4 Å². The minimum Gasteiger partial charge on any atom is -0.398 e. The third-order valence-corrected chi connectivity index (χ3v) is 3.17. The lowest BCUT2D eigenvalue weighted by Gasteiger charge is -2.26. The quantitative estimate of drug-likeness (QED) is 0.840. The first-order valence-corrected chi connectivity index (χ1v) is 6.36. The summed E-state index contributed by atoms with van der Waals surface area (Å²) < 4.78 is 19.0. The Labute approximate surface area is 116 Å². The van der Waals surface area contributed by atoms with Gasteiger partial charge in [0, 0.05) is 48.4 Å². The summed E-state index contributed by atoms with van der Waals surface area (Å²) in [6.07, 6.45) is 3.21. The molecule has 2 N–H and O–H groups in total. The Kier molecular flexibility index (Phi) is 3.47. The van der Waals surface area contributed by atoms with Gasteiger partial charge in [0.15, 0.2) is 0 Å². The van der Waals surface area contributed by atoms with Crippen LogP contribution in [0.2, 0.25) is 0 Å². The summed E-state index contributed by atoms with van der Waals surface area (Å²) in [5.74, 6) is 0.245. The number of nitrogens with zero attached hydrogens (tertiary/aromatic N) is 3. The molecule has 0 spiro atoms. The molecule has 0 aliphatic carbocycles. The van der Waals surface area contributed by atoms with Crippen LogP contribution in [0.4, 0.5) is 16.0 Å². The van der Waals surface area contributed by atoms with E-state index >= 15 is 0 Å². The Bertz CT molecular complexity index is 597. The smallest absolute Gasteiger partial charge is 0.225 e. The molecule has 1 saturated heterocycles. The zero-order valence-electron chi connectivity index (χ0n) is 10.8. The molecule has 2 aromatic rings. The lowest BCUT2D eigenvalue weighted by molar-refractivity contribution is 0.122. The van der Waals surface area contributed by atoms with E-state index < -0.39 is 0 Å². The minimum atomic E-state index is -0.387. The standard InChI is InChI=1S/C14H14FN4O/c15-13-2-1-11(16)7-12(13)10-8-17-14(18-9-10)19-3-5-20-6-4-19/h2,7-9H,3-6,16H2. The molecular formula is C14H14FN4O. The first-order chi connectivity index (χ1) is 9.74. The van der Waals surface area contributed by atoms with Crippen molar-refractivity contribution in [2.75, 3.05) is 36.9 Å². The van der Waals surface area contributed by atoms with E-state index in [0.29, 0.717) is 36.0 Å². The van der Waals surface area contributed by atoms with E-state index in [2.05, 4.69) is 16.0 Å². The Morgan fingerprint density at radius 1 is 1.25 bits per heavy atom. The maximum absolute atomic E-state index is 13.7. The number of halogens is 1. The second-order valence-corrected chi connectivity index (χ2v) is 4.52. The minimum absolute atomic E-state index is 0.384. The van der Waals surface area contributed by atoms with E-state index in [4.69, 9.17) is 10.5 Å². The topological polar surface area (TPSA) is 64.3 Å². The highest BCUT2D eigenvalue weighted by molar-refractivity contribution is 5.66. The maximum Gasteiger partial charge on any atom is 0.225 e. The van der Waals surface area contributed by atoms with Crippen molar-refractivity contribution in [1.82, 2.24) is 9.97 Å². The fraction of sp³-hybridized carbons (Fsp3) is 0.286. The fourth-order valence-electron chi connectivity index (χ4n) is 2.10. The molecule has 0 saturated carbocycles. The van der Waals surface area contributed by atoms with Gasteiger partial charge >= 0.3 is 0 Å². The van der Waals surface area contributed by atoms with Crippen LogP contribution >= 0.6 is 0 Å². The molecule has 3 rings (SSSR count). The Morgan fingerprint density at radius 2 is 1.95 bits per heavy atom. The predicted molar refractivity (Wildman–Crippen MR) is 73.7 cm³/mol. The number of aromatic nitrogens is 2. The van der Waals surface area contributed by atoms with Gasteiger partial charge in [-0.15, -0.1) is 0 Å². The number of nitrogen functional groups attached to an aromatic ring is 1. The van der Waals surface area contributed by atoms with Gasteiger partial charge in [0.05, 0.1) is 13.2 Å². The number of ether oxygens (including phenoxy) is 1. The van der Waals surface area contributed by atoms with Crippen molar-refractivity contribution in [3.63, 3.8) is 0 Å². The highest BCUT2D eigenvalue weighted by Gasteiger charge is 2.14. The zero-order chi connectivity index (χ0) is 13.9. The van der Waals surface area contributed by atoms with Gasteiger partial charge in [-0.3, -0.25) is 0 Å². The Balaban J connectivity index is 1.87. The van der Waals surface area contributed by atoms with E-state index in [1.807, 2.05) is 4.90 Å². The first-order valence-electron chi connectivity index (χ1n) is 6.36. The molecule has 5 nitrogen and oxygen atoms in total. The van der Waals surface area contributed by atoms with Crippen molar-refractivity contribution in [3.8, 4) is 11.1 Å². The van der Waals surface area contributed by atoms with Crippen LogP contribution in [0.3, 0.4) is 0 Å².